The number of carbonyl (C=O) groups excluding carboxylic acids is 1. The maximum absolute atomic E-state index is 11.2. The van der Waals surface area contributed by atoms with Gasteiger partial charge in [0.25, 0.3) is 0 Å². The second-order valence-electron chi connectivity index (χ2n) is 3.30. The summed E-state index contributed by atoms with van der Waals surface area (Å²) in [6.07, 6.45) is -0.440. The van der Waals surface area contributed by atoms with E-state index >= 15 is 0 Å². The van der Waals surface area contributed by atoms with E-state index in [0.29, 0.717) is 0 Å². The van der Waals surface area contributed by atoms with Crippen molar-refractivity contribution in [3.63, 3.8) is 0 Å². The molecule has 1 aliphatic heterocycles. The fourth-order valence-corrected chi connectivity index (χ4v) is 1.64. The van der Waals surface area contributed by atoms with Crippen molar-refractivity contribution >= 4 is 6.09 Å². The molecule has 0 bridgehead atoms. The Kier molecular flexibility index (Phi) is 2.13. The zero-order valence-electron chi connectivity index (χ0n) is 8.18. The lowest BCUT2D eigenvalue weighted by atomic mass is 10.1. The van der Waals surface area contributed by atoms with Crippen molar-refractivity contribution in [2.24, 2.45) is 0 Å². The SMILES string of the molecule is CN1OC(=O)N(C)[C@H]1c1ccccc1. The minimum atomic E-state index is -0.318. The smallest absolute Gasteiger partial charge is 0.349 e. The minimum absolute atomic E-state index is 0.122. The van der Waals surface area contributed by atoms with Gasteiger partial charge in [0.15, 0.2) is 0 Å². The van der Waals surface area contributed by atoms with Crippen LogP contribution in [0.5, 0.6) is 0 Å². The molecule has 1 saturated heterocycles. The number of benzene rings is 1. The fraction of sp³-hybridized carbons (Fsp3) is 0.300. The molecule has 1 aromatic carbocycles. The van der Waals surface area contributed by atoms with Crippen LogP contribution in [0.3, 0.4) is 0 Å². The predicted molar refractivity (Wildman–Crippen MR) is 51.2 cm³/mol. The van der Waals surface area contributed by atoms with Crippen molar-refractivity contribution in [1.29, 1.82) is 0 Å². The highest BCUT2D eigenvalue weighted by atomic mass is 16.7. The number of hydrogen-bond acceptors (Lipinski definition) is 3. The van der Waals surface area contributed by atoms with Crippen LogP contribution in [0.25, 0.3) is 0 Å². The summed E-state index contributed by atoms with van der Waals surface area (Å²) in [6, 6.07) is 9.78. The van der Waals surface area contributed by atoms with Gasteiger partial charge in [-0.15, -0.1) is 5.06 Å². The zero-order chi connectivity index (χ0) is 10.1. The molecule has 1 fully saturated rings. The molecule has 4 heteroatoms. The summed E-state index contributed by atoms with van der Waals surface area (Å²) in [5.41, 5.74) is 1.04. The largest absolute Gasteiger partial charge is 0.430 e. The molecular weight excluding hydrogens is 180 g/mol. The molecule has 74 valence electrons. The van der Waals surface area contributed by atoms with Crippen molar-refractivity contribution in [2.75, 3.05) is 14.1 Å². The van der Waals surface area contributed by atoms with Crippen molar-refractivity contribution in [3.05, 3.63) is 35.9 Å². The van der Waals surface area contributed by atoms with Crippen LogP contribution in [0, 0.1) is 0 Å². The third-order valence-corrected chi connectivity index (χ3v) is 2.32. The van der Waals surface area contributed by atoms with Gasteiger partial charge in [-0.25, -0.2) is 4.79 Å². The van der Waals surface area contributed by atoms with Crippen LogP contribution in [0.15, 0.2) is 30.3 Å². The second-order valence-corrected chi connectivity index (χ2v) is 3.30. The summed E-state index contributed by atoms with van der Waals surface area (Å²) in [6.45, 7) is 0. The molecule has 1 aliphatic rings. The van der Waals surface area contributed by atoms with Crippen LogP contribution in [-0.4, -0.2) is 30.2 Å². The summed E-state index contributed by atoms with van der Waals surface area (Å²) in [5.74, 6) is 0. The van der Waals surface area contributed by atoms with Gasteiger partial charge in [-0.05, 0) is 5.56 Å². The van der Waals surface area contributed by atoms with Crippen LogP contribution in [0.4, 0.5) is 4.79 Å². The predicted octanol–water partition coefficient (Wildman–Crippen LogP) is 1.61. The lowest BCUT2D eigenvalue weighted by Crippen LogP contribution is -2.26. The Balaban J connectivity index is 2.31. The number of amides is 1. The Morgan fingerprint density at radius 2 is 1.86 bits per heavy atom. The van der Waals surface area contributed by atoms with Gasteiger partial charge in [0.05, 0.1) is 0 Å². The van der Waals surface area contributed by atoms with E-state index in [-0.39, 0.29) is 12.3 Å². The topological polar surface area (TPSA) is 32.8 Å². The molecule has 2 rings (SSSR count). The highest BCUT2D eigenvalue weighted by molar-refractivity contribution is 5.69. The van der Waals surface area contributed by atoms with Crippen molar-refractivity contribution < 1.29 is 9.63 Å². The van der Waals surface area contributed by atoms with Crippen molar-refractivity contribution in [2.45, 2.75) is 6.17 Å². The average Bonchev–Trinajstić information content (AvgIpc) is 2.43. The van der Waals surface area contributed by atoms with Crippen LogP contribution in [0.1, 0.15) is 11.7 Å². The zero-order valence-corrected chi connectivity index (χ0v) is 8.18. The van der Waals surface area contributed by atoms with Gasteiger partial charge in [0.2, 0.25) is 0 Å². The molecule has 1 aromatic rings. The van der Waals surface area contributed by atoms with Crippen LogP contribution >= 0.6 is 0 Å². The van der Waals surface area contributed by atoms with Crippen molar-refractivity contribution in [1.82, 2.24) is 9.96 Å². The van der Waals surface area contributed by atoms with Gasteiger partial charge < -0.3 is 4.84 Å². The highest BCUT2D eigenvalue weighted by Crippen LogP contribution is 2.28. The van der Waals surface area contributed by atoms with E-state index in [2.05, 4.69) is 0 Å². The van der Waals surface area contributed by atoms with Crippen LogP contribution in [0.2, 0.25) is 0 Å². The molecule has 0 radical (unpaired) electrons. The Labute approximate surface area is 82.6 Å². The molecular formula is C10H12N2O2. The molecule has 0 unspecified atom stereocenters. The molecule has 0 N–H and O–H groups in total. The normalized spacial score (nSPS) is 22.6. The first-order valence-electron chi connectivity index (χ1n) is 4.42. The second kappa shape index (κ2) is 3.31. The first kappa shape index (κ1) is 9.02. The van der Waals surface area contributed by atoms with Gasteiger partial charge in [0, 0.05) is 14.1 Å². The van der Waals surface area contributed by atoms with Gasteiger partial charge in [0.1, 0.15) is 6.17 Å². The highest BCUT2D eigenvalue weighted by Gasteiger charge is 2.35. The van der Waals surface area contributed by atoms with Gasteiger partial charge in [-0.2, -0.15) is 0 Å². The number of hydroxylamine groups is 2. The Hall–Kier alpha value is -1.55. The minimum Gasteiger partial charge on any atom is -0.349 e. The third-order valence-electron chi connectivity index (χ3n) is 2.32. The van der Waals surface area contributed by atoms with Crippen molar-refractivity contribution in [3.8, 4) is 0 Å². The molecule has 0 spiro atoms. The molecule has 14 heavy (non-hydrogen) atoms. The van der Waals surface area contributed by atoms with E-state index in [1.165, 1.54) is 0 Å². The van der Waals surface area contributed by atoms with Crippen LogP contribution in [-0.2, 0) is 4.84 Å². The number of rotatable bonds is 1. The Bertz CT molecular complexity index is 339. The van der Waals surface area contributed by atoms with E-state index < -0.39 is 0 Å². The summed E-state index contributed by atoms with van der Waals surface area (Å²) in [7, 11) is 3.47. The van der Waals surface area contributed by atoms with E-state index in [9.17, 15) is 4.79 Å². The Morgan fingerprint density at radius 3 is 2.36 bits per heavy atom. The first-order chi connectivity index (χ1) is 6.70. The average molecular weight is 192 g/mol. The van der Waals surface area contributed by atoms with Gasteiger partial charge >= 0.3 is 6.09 Å². The number of nitrogens with zero attached hydrogens (tertiary/aromatic N) is 2. The van der Waals surface area contributed by atoms with Crippen LogP contribution < -0.4 is 0 Å². The quantitative estimate of drug-likeness (QED) is 0.677. The van der Waals surface area contributed by atoms with E-state index in [0.717, 1.165) is 5.56 Å². The van der Waals surface area contributed by atoms with E-state index in [1.807, 2.05) is 30.3 Å². The summed E-state index contributed by atoms with van der Waals surface area (Å²) in [4.78, 5) is 17.8. The molecule has 1 amide bonds. The molecule has 0 aromatic heterocycles. The lowest BCUT2D eigenvalue weighted by Gasteiger charge is -2.20. The van der Waals surface area contributed by atoms with E-state index in [1.54, 1.807) is 24.1 Å². The number of hydrogen-bond donors (Lipinski definition) is 0. The summed E-state index contributed by atoms with van der Waals surface area (Å²) >= 11 is 0. The monoisotopic (exact) mass is 192 g/mol. The maximum Gasteiger partial charge on any atom is 0.430 e. The first-order valence-corrected chi connectivity index (χ1v) is 4.42. The molecule has 1 atom stereocenters. The Morgan fingerprint density at radius 1 is 1.21 bits per heavy atom. The summed E-state index contributed by atoms with van der Waals surface area (Å²) in [5, 5.41) is 1.55. The molecule has 0 aliphatic carbocycles. The maximum atomic E-state index is 11.2. The standard InChI is InChI=1S/C10H12N2O2/c1-11-9(12(2)14-10(11)13)8-6-4-3-5-7-8/h3-7,9H,1-2H3/t9-/m1/s1. The molecule has 1 heterocycles. The lowest BCUT2D eigenvalue weighted by molar-refractivity contribution is -0.0718. The molecule has 4 nitrogen and oxygen atoms in total. The number of carbonyl (C=O) groups is 1. The molecule has 0 saturated carbocycles. The van der Waals surface area contributed by atoms with E-state index in [4.69, 9.17) is 4.84 Å². The van der Waals surface area contributed by atoms with Gasteiger partial charge in [-0.1, -0.05) is 30.3 Å². The fourth-order valence-electron chi connectivity index (χ4n) is 1.64. The summed E-state index contributed by atoms with van der Waals surface area (Å²) < 4.78 is 0. The van der Waals surface area contributed by atoms with Gasteiger partial charge in [-0.3, -0.25) is 4.90 Å². The third kappa shape index (κ3) is 1.33.